The number of aliphatic hydroxyl groups is 1. The van der Waals surface area contributed by atoms with Crippen LogP contribution in [0.4, 0.5) is 10.3 Å². The van der Waals surface area contributed by atoms with E-state index in [2.05, 4.69) is 15.1 Å². The highest BCUT2D eigenvalue weighted by atomic mass is 35.5. The quantitative estimate of drug-likeness (QED) is 0.674. The summed E-state index contributed by atoms with van der Waals surface area (Å²) in [6.45, 7) is 3.02. The number of nitrogens with zero attached hydrogens (tertiary/aromatic N) is 4. The van der Waals surface area contributed by atoms with Crippen molar-refractivity contribution in [1.82, 2.24) is 19.6 Å². The van der Waals surface area contributed by atoms with Gasteiger partial charge in [-0.3, -0.25) is 0 Å². The molecular formula is C17H19ClFN5O2. The van der Waals surface area contributed by atoms with Gasteiger partial charge in [0.2, 0.25) is 5.95 Å². The van der Waals surface area contributed by atoms with Crippen LogP contribution in [0.3, 0.4) is 0 Å². The van der Waals surface area contributed by atoms with Gasteiger partial charge in [0.1, 0.15) is 5.82 Å². The summed E-state index contributed by atoms with van der Waals surface area (Å²) >= 11 is 6.07. The molecule has 0 aromatic carbocycles. The molecule has 7 nitrogen and oxygen atoms in total. The first-order chi connectivity index (χ1) is 12.5. The molecule has 0 spiro atoms. The van der Waals surface area contributed by atoms with Crippen LogP contribution in [0.2, 0.25) is 5.02 Å². The van der Waals surface area contributed by atoms with Crippen LogP contribution in [0.5, 0.6) is 0 Å². The summed E-state index contributed by atoms with van der Waals surface area (Å²) in [6, 6.07) is 3.01. The van der Waals surface area contributed by atoms with Crippen molar-refractivity contribution in [1.29, 1.82) is 0 Å². The highest BCUT2D eigenvalue weighted by Gasteiger charge is 2.14. The molecule has 138 valence electrons. The second-order valence-corrected chi connectivity index (χ2v) is 6.32. The Morgan fingerprint density at radius 2 is 2.19 bits per heavy atom. The number of rotatable bonds is 1. The molecule has 1 unspecified atom stereocenters. The minimum Gasteiger partial charge on any atom is -0.391 e. The Kier molecular flexibility index (Phi) is 5.65. The zero-order chi connectivity index (χ0) is 18.7. The number of nitrogens with two attached hydrogens (primary N) is 1. The molecule has 1 aliphatic heterocycles. The summed E-state index contributed by atoms with van der Waals surface area (Å²) in [5.41, 5.74) is 7.85. The number of aromatic nitrogens is 4. The molecule has 0 aliphatic carbocycles. The normalized spacial score (nSPS) is 17.0. The zero-order valence-electron chi connectivity index (χ0n) is 14.2. The number of pyridine rings is 1. The smallest absolute Gasteiger partial charge is 0.220 e. The Morgan fingerprint density at radius 1 is 1.38 bits per heavy atom. The van der Waals surface area contributed by atoms with Crippen LogP contribution >= 0.6 is 11.6 Å². The van der Waals surface area contributed by atoms with Crippen molar-refractivity contribution in [2.75, 3.05) is 18.9 Å². The van der Waals surface area contributed by atoms with Gasteiger partial charge < -0.3 is 15.6 Å². The van der Waals surface area contributed by atoms with E-state index in [9.17, 15) is 4.39 Å². The summed E-state index contributed by atoms with van der Waals surface area (Å²) in [4.78, 5) is 7.91. The third-order valence-corrected chi connectivity index (χ3v) is 4.29. The van der Waals surface area contributed by atoms with E-state index in [1.54, 1.807) is 19.2 Å². The van der Waals surface area contributed by atoms with Gasteiger partial charge in [0.25, 0.3) is 0 Å². The Morgan fingerprint density at radius 3 is 2.85 bits per heavy atom. The molecule has 3 N–H and O–H groups in total. The van der Waals surface area contributed by atoms with Crippen molar-refractivity contribution in [3.63, 3.8) is 0 Å². The number of hydrogen-bond donors (Lipinski definition) is 2. The van der Waals surface area contributed by atoms with Crippen LogP contribution < -0.4 is 5.73 Å². The fraction of sp³-hybridized carbons (Fsp3) is 0.353. The second kappa shape index (κ2) is 7.94. The molecule has 1 aliphatic rings. The van der Waals surface area contributed by atoms with Crippen molar-refractivity contribution in [2.24, 2.45) is 0 Å². The topological polar surface area (TPSA) is 98.6 Å². The summed E-state index contributed by atoms with van der Waals surface area (Å²) in [7, 11) is 0. The molecule has 0 amide bonds. The summed E-state index contributed by atoms with van der Waals surface area (Å²) in [5, 5.41) is 13.3. The molecule has 1 saturated heterocycles. The predicted octanol–water partition coefficient (Wildman–Crippen LogP) is 2.63. The zero-order valence-corrected chi connectivity index (χ0v) is 14.9. The molecular weight excluding hydrogens is 361 g/mol. The molecule has 1 atom stereocenters. The first kappa shape index (κ1) is 18.5. The van der Waals surface area contributed by atoms with E-state index in [0.717, 1.165) is 19.4 Å². The number of aliphatic hydroxyl groups excluding tert-OH is 1. The number of ether oxygens (including phenoxy) is 1. The number of halogens is 2. The molecule has 0 radical (unpaired) electrons. The van der Waals surface area contributed by atoms with Crippen LogP contribution in [0.25, 0.3) is 16.8 Å². The largest absolute Gasteiger partial charge is 0.391 e. The number of nitrogen functional groups attached to an aromatic ring is 1. The molecule has 3 aromatic heterocycles. The summed E-state index contributed by atoms with van der Waals surface area (Å²) in [6.07, 6.45) is 4.75. The van der Waals surface area contributed by atoms with Gasteiger partial charge in [-0.05, 0) is 31.9 Å². The fourth-order valence-electron chi connectivity index (χ4n) is 2.64. The Hall–Kier alpha value is -2.29. The minimum absolute atomic E-state index is 0.123. The Bertz CT molecular complexity index is 912. The minimum atomic E-state index is -0.324. The fourth-order valence-corrected chi connectivity index (χ4v) is 2.83. The van der Waals surface area contributed by atoms with Crippen molar-refractivity contribution in [3.05, 3.63) is 41.1 Å². The van der Waals surface area contributed by atoms with E-state index in [4.69, 9.17) is 27.2 Å². The van der Waals surface area contributed by atoms with E-state index >= 15 is 0 Å². The van der Waals surface area contributed by atoms with Gasteiger partial charge in [-0.25, -0.2) is 18.9 Å². The van der Waals surface area contributed by atoms with E-state index in [1.807, 2.05) is 0 Å². The number of anilines is 1. The highest BCUT2D eigenvalue weighted by Crippen LogP contribution is 2.29. The van der Waals surface area contributed by atoms with E-state index in [0.29, 0.717) is 34.1 Å². The molecule has 0 saturated carbocycles. The lowest BCUT2D eigenvalue weighted by atomic mass is 10.2. The number of fused-ring (bicyclic) bond motifs is 1. The SMILES string of the molecule is Cc1c(F)ccc2c(-c3nc(N)ncc3Cl)cnn12.OC1CCCOC1. The van der Waals surface area contributed by atoms with Crippen molar-refractivity contribution in [2.45, 2.75) is 25.9 Å². The average Bonchev–Trinajstić information content (AvgIpc) is 3.06. The lowest BCUT2D eigenvalue weighted by Crippen LogP contribution is -2.21. The van der Waals surface area contributed by atoms with Crippen LogP contribution in [0, 0.1) is 12.7 Å². The first-order valence-corrected chi connectivity index (χ1v) is 8.52. The Labute approximate surface area is 154 Å². The van der Waals surface area contributed by atoms with Gasteiger partial charge in [0.05, 0.1) is 47.0 Å². The molecule has 26 heavy (non-hydrogen) atoms. The molecule has 3 aromatic rings. The summed E-state index contributed by atoms with van der Waals surface area (Å²) < 4.78 is 19.9. The van der Waals surface area contributed by atoms with Crippen LogP contribution in [0.15, 0.2) is 24.5 Å². The average molecular weight is 380 g/mol. The van der Waals surface area contributed by atoms with Gasteiger partial charge in [0, 0.05) is 12.2 Å². The van der Waals surface area contributed by atoms with Crippen LogP contribution in [-0.2, 0) is 4.74 Å². The standard InChI is InChI=1S/C12H9ClFN5.C5H10O2/c1-6-9(14)2-3-10-7(4-17-19(6)10)11-8(13)5-16-12(15)18-11;6-5-2-1-3-7-4-5/h2-5H,1H3,(H2,15,16,18);5-6H,1-4H2. The predicted molar refractivity (Wildman–Crippen MR) is 96.4 cm³/mol. The van der Waals surface area contributed by atoms with Crippen molar-refractivity contribution < 1.29 is 14.2 Å². The lowest BCUT2D eigenvalue weighted by molar-refractivity contribution is -0.00535. The molecule has 4 heterocycles. The van der Waals surface area contributed by atoms with E-state index in [1.165, 1.54) is 16.8 Å². The van der Waals surface area contributed by atoms with Gasteiger partial charge in [0.15, 0.2) is 0 Å². The molecule has 4 rings (SSSR count). The van der Waals surface area contributed by atoms with Crippen molar-refractivity contribution >= 4 is 23.1 Å². The Balaban J connectivity index is 0.000000236. The third kappa shape index (κ3) is 3.92. The van der Waals surface area contributed by atoms with Crippen molar-refractivity contribution in [3.8, 4) is 11.3 Å². The molecule has 9 heteroatoms. The summed E-state index contributed by atoms with van der Waals surface area (Å²) in [5.74, 6) is -0.201. The lowest BCUT2D eigenvalue weighted by Gasteiger charge is -2.15. The van der Waals surface area contributed by atoms with Gasteiger partial charge in [-0.1, -0.05) is 11.6 Å². The molecule has 1 fully saturated rings. The van der Waals surface area contributed by atoms with Gasteiger partial charge >= 0.3 is 0 Å². The highest BCUT2D eigenvalue weighted by molar-refractivity contribution is 6.33. The molecule has 0 bridgehead atoms. The van der Waals surface area contributed by atoms with Crippen LogP contribution in [0.1, 0.15) is 18.5 Å². The maximum absolute atomic E-state index is 13.5. The first-order valence-electron chi connectivity index (χ1n) is 8.14. The number of aryl methyl sites for hydroxylation is 1. The van der Waals surface area contributed by atoms with E-state index in [-0.39, 0.29) is 17.9 Å². The number of hydrogen-bond acceptors (Lipinski definition) is 6. The van der Waals surface area contributed by atoms with Crippen LogP contribution in [-0.4, -0.2) is 44.0 Å². The van der Waals surface area contributed by atoms with E-state index < -0.39 is 0 Å². The third-order valence-electron chi connectivity index (χ3n) is 4.01. The van der Waals surface area contributed by atoms with Gasteiger partial charge in [-0.2, -0.15) is 5.10 Å². The van der Waals surface area contributed by atoms with Gasteiger partial charge in [-0.15, -0.1) is 0 Å². The monoisotopic (exact) mass is 379 g/mol. The maximum atomic E-state index is 13.5. The second-order valence-electron chi connectivity index (χ2n) is 5.92. The maximum Gasteiger partial charge on any atom is 0.220 e.